The van der Waals surface area contributed by atoms with Gasteiger partial charge in [0.15, 0.2) is 0 Å². The summed E-state index contributed by atoms with van der Waals surface area (Å²) in [4.78, 5) is 2.19. The molecule has 1 aliphatic rings. The molecule has 1 aliphatic carbocycles. The van der Waals surface area contributed by atoms with Crippen molar-refractivity contribution in [2.75, 3.05) is 27.7 Å². The third kappa shape index (κ3) is 4.48. The van der Waals surface area contributed by atoms with Crippen LogP contribution in [0.3, 0.4) is 0 Å². The van der Waals surface area contributed by atoms with E-state index in [0.717, 1.165) is 54.7 Å². The van der Waals surface area contributed by atoms with Crippen molar-refractivity contribution >= 4 is 6.08 Å². The third-order valence-corrected chi connectivity index (χ3v) is 5.86. The molecule has 0 heterocycles. The van der Waals surface area contributed by atoms with Crippen LogP contribution in [0.25, 0.3) is 6.08 Å². The number of rotatable bonds is 5. The van der Waals surface area contributed by atoms with Gasteiger partial charge in [0.1, 0.15) is 11.4 Å². The van der Waals surface area contributed by atoms with Crippen molar-refractivity contribution in [2.45, 2.75) is 38.2 Å². The second kappa shape index (κ2) is 8.93. The van der Waals surface area contributed by atoms with E-state index in [4.69, 9.17) is 4.74 Å². The van der Waals surface area contributed by atoms with Crippen LogP contribution >= 0.6 is 0 Å². The summed E-state index contributed by atoms with van der Waals surface area (Å²) in [7, 11) is 5.86. The lowest BCUT2D eigenvalue weighted by molar-refractivity contribution is 0.000480. The Kier molecular flexibility index (Phi) is 6.58. The Labute approximate surface area is 169 Å². The summed E-state index contributed by atoms with van der Waals surface area (Å²) in [5.74, 6) is 1.01. The standard InChI is InChI=1S/C25H33NO2/c1-19-9-13-21(14-10-19)25(27)22(7-5-6-8-23(25)18-26(2)3)17-20-11-15-24(28-4)16-12-20/h9-17,23,27H,5-8,18H2,1-4H3. The van der Waals surface area contributed by atoms with Gasteiger partial charge in [-0.2, -0.15) is 0 Å². The van der Waals surface area contributed by atoms with Gasteiger partial charge in [0.25, 0.3) is 0 Å². The van der Waals surface area contributed by atoms with Gasteiger partial charge >= 0.3 is 0 Å². The summed E-state index contributed by atoms with van der Waals surface area (Å²) in [5, 5.41) is 12.2. The van der Waals surface area contributed by atoms with Crippen molar-refractivity contribution in [2.24, 2.45) is 5.92 Å². The highest BCUT2D eigenvalue weighted by molar-refractivity contribution is 5.58. The minimum absolute atomic E-state index is 0.164. The molecular formula is C25H33NO2. The van der Waals surface area contributed by atoms with Gasteiger partial charge in [0.2, 0.25) is 0 Å². The van der Waals surface area contributed by atoms with Crippen molar-refractivity contribution in [3.05, 3.63) is 70.8 Å². The van der Waals surface area contributed by atoms with E-state index in [0.29, 0.717) is 0 Å². The minimum Gasteiger partial charge on any atom is -0.497 e. The first kappa shape index (κ1) is 20.6. The Hall–Kier alpha value is -2.10. The Morgan fingerprint density at radius 2 is 1.75 bits per heavy atom. The molecule has 2 aromatic rings. The molecule has 1 saturated carbocycles. The zero-order chi connectivity index (χ0) is 20.1. The second-order valence-electron chi connectivity index (χ2n) is 8.28. The highest BCUT2D eigenvalue weighted by atomic mass is 16.5. The molecule has 2 aromatic carbocycles. The number of hydrogen-bond acceptors (Lipinski definition) is 3. The van der Waals surface area contributed by atoms with Crippen LogP contribution in [0, 0.1) is 12.8 Å². The molecule has 3 nitrogen and oxygen atoms in total. The average Bonchev–Trinajstić information content (AvgIpc) is 2.83. The highest BCUT2D eigenvalue weighted by Gasteiger charge is 2.42. The largest absolute Gasteiger partial charge is 0.497 e. The van der Waals surface area contributed by atoms with Gasteiger partial charge in [-0.1, -0.05) is 54.5 Å². The first-order valence-corrected chi connectivity index (χ1v) is 10.2. The van der Waals surface area contributed by atoms with Crippen LogP contribution in [0.15, 0.2) is 54.1 Å². The molecular weight excluding hydrogens is 346 g/mol. The van der Waals surface area contributed by atoms with Crippen molar-refractivity contribution in [3.63, 3.8) is 0 Å². The van der Waals surface area contributed by atoms with E-state index in [1.807, 2.05) is 12.1 Å². The molecule has 0 aromatic heterocycles. The topological polar surface area (TPSA) is 32.7 Å². The van der Waals surface area contributed by atoms with Crippen LogP contribution in [0.1, 0.15) is 42.4 Å². The molecule has 1 N–H and O–H groups in total. The van der Waals surface area contributed by atoms with Crippen molar-refractivity contribution in [3.8, 4) is 5.75 Å². The Balaban J connectivity index is 2.09. The maximum absolute atomic E-state index is 12.2. The maximum atomic E-state index is 12.2. The van der Waals surface area contributed by atoms with Gasteiger partial charge < -0.3 is 14.7 Å². The predicted octanol–water partition coefficient (Wildman–Crippen LogP) is 5.03. The Morgan fingerprint density at radius 1 is 1.07 bits per heavy atom. The van der Waals surface area contributed by atoms with Crippen molar-refractivity contribution in [1.82, 2.24) is 4.90 Å². The lowest BCUT2D eigenvalue weighted by Gasteiger charge is -2.39. The summed E-state index contributed by atoms with van der Waals surface area (Å²) in [6.07, 6.45) is 6.39. The SMILES string of the molecule is COc1ccc(C=C2CCCCC(CN(C)C)C2(O)c2ccc(C)cc2)cc1. The molecule has 0 amide bonds. The van der Waals surface area contributed by atoms with Gasteiger partial charge in [0.05, 0.1) is 7.11 Å². The maximum Gasteiger partial charge on any atom is 0.118 e. The predicted molar refractivity (Wildman–Crippen MR) is 117 cm³/mol. The third-order valence-electron chi connectivity index (χ3n) is 5.86. The molecule has 0 spiro atoms. The van der Waals surface area contributed by atoms with E-state index in [2.05, 4.69) is 68.4 Å². The number of aliphatic hydroxyl groups is 1. The van der Waals surface area contributed by atoms with Crippen LogP contribution in [0.5, 0.6) is 5.75 Å². The number of ether oxygens (including phenoxy) is 1. The average molecular weight is 380 g/mol. The molecule has 0 bridgehead atoms. The number of methoxy groups -OCH3 is 1. The molecule has 2 atom stereocenters. The Bertz CT molecular complexity index is 792. The number of hydrogen-bond donors (Lipinski definition) is 1. The monoisotopic (exact) mass is 379 g/mol. The number of aryl methyl sites for hydroxylation is 1. The summed E-state index contributed by atoms with van der Waals surface area (Å²) >= 11 is 0. The van der Waals surface area contributed by atoms with Gasteiger partial charge in [-0.05, 0) is 69.1 Å². The molecule has 3 rings (SSSR count). The fraction of sp³-hybridized carbons (Fsp3) is 0.440. The molecule has 0 aliphatic heterocycles. The first-order valence-electron chi connectivity index (χ1n) is 10.2. The molecule has 1 fully saturated rings. The van der Waals surface area contributed by atoms with E-state index in [1.165, 1.54) is 5.56 Å². The fourth-order valence-corrected chi connectivity index (χ4v) is 4.34. The second-order valence-corrected chi connectivity index (χ2v) is 8.28. The molecule has 2 unspecified atom stereocenters. The van der Waals surface area contributed by atoms with Crippen LogP contribution in [0.2, 0.25) is 0 Å². The normalized spacial score (nSPS) is 24.4. The van der Waals surface area contributed by atoms with Gasteiger partial charge in [-0.15, -0.1) is 0 Å². The molecule has 3 heteroatoms. The van der Waals surface area contributed by atoms with E-state index < -0.39 is 5.60 Å². The summed E-state index contributed by atoms with van der Waals surface area (Å²) < 4.78 is 5.29. The summed E-state index contributed by atoms with van der Waals surface area (Å²) in [5.41, 5.74) is 3.49. The Morgan fingerprint density at radius 3 is 2.36 bits per heavy atom. The van der Waals surface area contributed by atoms with Crippen LogP contribution in [-0.4, -0.2) is 37.8 Å². The first-order chi connectivity index (χ1) is 13.4. The zero-order valence-electron chi connectivity index (χ0n) is 17.6. The zero-order valence-corrected chi connectivity index (χ0v) is 17.6. The number of benzene rings is 2. The highest BCUT2D eigenvalue weighted by Crippen LogP contribution is 2.45. The van der Waals surface area contributed by atoms with E-state index >= 15 is 0 Å². The number of nitrogens with zero attached hydrogens (tertiary/aromatic N) is 1. The fourth-order valence-electron chi connectivity index (χ4n) is 4.34. The van der Waals surface area contributed by atoms with E-state index in [1.54, 1.807) is 7.11 Å². The lowest BCUT2D eigenvalue weighted by atomic mass is 9.74. The van der Waals surface area contributed by atoms with Gasteiger partial charge in [0, 0.05) is 12.5 Å². The molecule has 28 heavy (non-hydrogen) atoms. The molecule has 0 saturated heterocycles. The van der Waals surface area contributed by atoms with E-state index in [-0.39, 0.29) is 5.92 Å². The molecule has 150 valence electrons. The van der Waals surface area contributed by atoms with Crippen LogP contribution in [-0.2, 0) is 5.60 Å². The molecule has 0 radical (unpaired) electrons. The lowest BCUT2D eigenvalue weighted by Crippen LogP contribution is -2.41. The van der Waals surface area contributed by atoms with Crippen LogP contribution in [0.4, 0.5) is 0 Å². The van der Waals surface area contributed by atoms with Gasteiger partial charge in [-0.3, -0.25) is 0 Å². The van der Waals surface area contributed by atoms with Crippen LogP contribution < -0.4 is 4.74 Å². The smallest absolute Gasteiger partial charge is 0.118 e. The van der Waals surface area contributed by atoms with Crippen molar-refractivity contribution < 1.29 is 9.84 Å². The minimum atomic E-state index is -0.950. The van der Waals surface area contributed by atoms with Gasteiger partial charge in [-0.25, -0.2) is 0 Å². The summed E-state index contributed by atoms with van der Waals surface area (Å²) in [6.45, 7) is 2.96. The van der Waals surface area contributed by atoms with Crippen molar-refractivity contribution in [1.29, 1.82) is 0 Å². The quantitative estimate of drug-likeness (QED) is 0.740. The van der Waals surface area contributed by atoms with E-state index in [9.17, 15) is 5.11 Å². The summed E-state index contributed by atoms with van der Waals surface area (Å²) in [6, 6.07) is 16.5.